The van der Waals surface area contributed by atoms with Gasteiger partial charge in [0.25, 0.3) is 0 Å². The first kappa shape index (κ1) is 54.1. The van der Waals surface area contributed by atoms with E-state index < -0.39 is 6.10 Å². The van der Waals surface area contributed by atoms with Crippen LogP contribution < -0.4 is 0 Å². The Hall–Kier alpha value is -1.88. The Morgan fingerprint density at radius 2 is 0.768 bits per heavy atom. The van der Waals surface area contributed by atoms with Gasteiger partial charge in [0.2, 0.25) is 0 Å². The van der Waals surface area contributed by atoms with Gasteiger partial charge >= 0.3 is 11.9 Å². The number of unbranched alkanes of at least 4 members (excludes halogenated alkanes) is 28. The summed E-state index contributed by atoms with van der Waals surface area (Å²) in [5.41, 5.74) is 0. The third-order valence-corrected chi connectivity index (χ3v) is 10.6. The second kappa shape index (κ2) is 47.5. The van der Waals surface area contributed by atoms with Crippen molar-refractivity contribution >= 4 is 11.9 Å². The maximum atomic E-state index is 12.7. The van der Waals surface area contributed by atoms with Crippen LogP contribution in [-0.4, -0.2) is 37.9 Å². The molecule has 1 unspecified atom stereocenters. The lowest BCUT2D eigenvalue weighted by Gasteiger charge is -2.18. The van der Waals surface area contributed by atoms with Crippen molar-refractivity contribution in [2.75, 3.05) is 19.8 Å². The standard InChI is InChI=1S/C51H94O5/c1-4-7-10-13-16-19-22-25-26-28-29-32-35-38-41-44-50(52)55-48-49(47-54-46-43-40-37-34-31-24-21-18-15-12-9-6-3)56-51(53)45-42-39-36-33-30-27-23-20-17-14-11-8-5-2/h15-16,18-19,25-26,49H,4-14,17,20-24,27-48H2,1-3H3/b18-15-,19-16-,26-25-. The first-order valence-electron chi connectivity index (χ1n) is 24.5. The van der Waals surface area contributed by atoms with Crippen molar-refractivity contribution in [3.8, 4) is 0 Å². The molecule has 0 radical (unpaired) electrons. The lowest BCUT2D eigenvalue weighted by Crippen LogP contribution is -2.30. The highest BCUT2D eigenvalue weighted by molar-refractivity contribution is 5.70. The highest BCUT2D eigenvalue weighted by Gasteiger charge is 2.17. The maximum Gasteiger partial charge on any atom is 0.306 e. The molecule has 0 aromatic heterocycles. The predicted molar refractivity (Wildman–Crippen MR) is 242 cm³/mol. The molecular formula is C51H94O5. The van der Waals surface area contributed by atoms with Crippen molar-refractivity contribution in [2.45, 2.75) is 258 Å². The molecule has 0 bridgehead atoms. The average molecular weight is 787 g/mol. The van der Waals surface area contributed by atoms with Gasteiger partial charge < -0.3 is 14.2 Å². The molecule has 0 aliphatic carbocycles. The minimum atomic E-state index is -0.539. The molecule has 0 saturated carbocycles. The number of esters is 2. The number of carbonyl (C=O) groups is 2. The van der Waals surface area contributed by atoms with Crippen LogP contribution in [0.4, 0.5) is 0 Å². The normalized spacial score (nSPS) is 12.4. The van der Waals surface area contributed by atoms with Gasteiger partial charge in [-0.3, -0.25) is 9.59 Å². The third-order valence-electron chi connectivity index (χ3n) is 10.6. The van der Waals surface area contributed by atoms with E-state index in [-0.39, 0.29) is 25.2 Å². The molecule has 1 atom stereocenters. The Bertz CT molecular complexity index is 893. The molecular weight excluding hydrogens is 693 g/mol. The Morgan fingerprint density at radius 1 is 0.393 bits per heavy atom. The Kier molecular flexibility index (Phi) is 45.9. The van der Waals surface area contributed by atoms with Crippen molar-refractivity contribution in [2.24, 2.45) is 0 Å². The number of ether oxygens (including phenoxy) is 3. The quantitative estimate of drug-likeness (QED) is 0.0349. The summed E-state index contributed by atoms with van der Waals surface area (Å²) in [5.74, 6) is -0.406. The van der Waals surface area contributed by atoms with Crippen molar-refractivity contribution < 1.29 is 23.8 Å². The summed E-state index contributed by atoms with van der Waals surface area (Å²) < 4.78 is 17.3. The zero-order valence-electron chi connectivity index (χ0n) is 37.7. The summed E-state index contributed by atoms with van der Waals surface area (Å²) in [7, 11) is 0. The van der Waals surface area contributed by atoms with Crippen LogP contribution in [0.2, 0.25) is 0 Å². The van der Waals surface area contributed by atoms with Gasteiger partial charge in [-0.15, -0.1) is 0 Å². The summed E-state index contributed by atoms with van der Waals surface area (Å²) >= 11 is 0. The van der Waals surface area contributed by atoms with Gasteiger partial charge in [-0.25, -0.2) is 0 Å². The molecule has 0 aliphatic rings. The van der Waals surface area contributed by atoms with Gasteiger partial charge in [-0.1, -0.05) is 205 Å². The summed E-state index contributed by atoms with van der Waals surface area (Å²) in [6, 6.07) is 0. The van der Waals surface area contributed by atoms with Gasteiger partial charge in [-0.2, -0.15) is 0 Å². The van der Waals surface area contributed by atoms with Gasteiger partial charge in [0.05, 0.1) is 6.61 Å². The van der Waals surface area contributed by atoms with E-state index in [4.69, 9.17) is 14.2 Å². The first-order valence-corrected chi connectivity index (χ1v) is 24.5. The van der Waals surface area contributed by atoms with E-state index in [1.54, 1.807) is 0 Å². The SMILES string of the molecule is CCCC/C=C\CCCCCCCCOCC(COC(=O)CCCCCCC/C=C\C/C=C\CCCCC)OC(=O)CCCCCCCCCCCCCCC. The molecule has 5 heteroatoms. The monoisotopic (exact) mass is 787 g/mol. The number of rotatable bonds is 45. The lowest BCUT2D eigenvalue weighted by molar-refractivity contribution is -0.163. The first-order chi connectivity index (χ1) is 27.6. The molecule has 0 aromatic rings. The fraction of sp³-hybridized carbons (Fsp3) is 0.843. The molecule has 56 heavy (non-hydrogen) atoms. The highest BCUT2D eigenvalue weighted by Crippen LogP contribution is 2.15. The van der Waals surface area contributed by atoms with Crippen molar-refractivity contribution in [3.63, 3.8) is 0 Å². The molecule has 328 valence electrons. The van der Waals surface area contributed by atoms with Crippen LogP contribution >= 0.6 is 0 Å². The van der Waals surface area contributed by atoms with Crippen LogP contribution in [0.1, 0.15) is 252 Å². The zero-order chi connectivity index (χ0) is 40.7. The van der Waals surface area contributed by atoms with E-state index in [1.807, 2.05) is 0 Å². The van der Waals surface area contributed by atoms with Crippen LogP contribution in [0.5, 0.6) is 0 Å². The smallest absolute Gasteiger partial charge is 0.306 e. The number of hydrogen-bond donors (Lipinski definition) is 0. The number of carbonyl (C=O) groups excluding carboxylic acids is 2. The van der Waals surface area contributed by atoms with Crippen molar-refractivity contribution in [1.29, 1.82) is 0 Å². The summed E-state index contributed by atoms with van der Waals surface area (Å²) in [4.78, 5) is 25.3. The van der Waals surface area contributed by atoms with Gasteiger partial charge in [-0.05, 0) is 70.6 Å². The number of hydrogen-bond acceptors (Lipinski definition) is 5. The third kappa shape index (κ3) is 44.8. The van der Waals surface area contributed by atoms with Crippen molar-refractivity contribution in [1.82, 2.24) is 0 Å². The molecule has 0 amide bonds. The zero-order valence-corrected chi connectivity index (χ0v) is 37.7. The fourth-order valence-electron chi connectivity index (χ4n) is 6.93. The second-order valence-corrected chi connectivity index (χ2v) is 16.4. The molecule has 0 rings (SSSR count). The minimum Gasteiger partial charge on any atom is -0.462 e. The molecule has 5 nitrogen and oxygen atoms in total. The van der Waals surface area contributed by atoms with E-state index in [0.717, 1.165) is 57.8 Å². The minimum absolute atomic E-state index is 0.0797. The van der Waals surface area contributed by atoms with Crippen LogP contribution in [0.3, 0.4) is 0 Å². The molecule has 0 saturated heterocycles. The molecule has 0 heterocycles. The van der Waals surface area contributed by atoms with Gasteiger partial charge in [0.15, 0.2) is 6.10 Å². The molecule has 0 fully saturated rings. The molecule has 0 spiro atoms. The van der Waals surface area contributed by atoms with Crippen LogP contribution in [0.25, 0.3) is 0 Å². The van der Waals surface area contributed by atoms with Crippen molar-refractivity contribution in [3.05, 3.63) is 36.5 Å². The van der Waals surface area contributed by atoms with Crippen LogP contribution in [0, 0.1) is 0 Å². The summed E-state index contributed by atoms with van der Waals surface area (Å²) in [6.45, 7) is 7.77. The van der Waals surface area contributed by atoms with Crippen LogP contribution in [-0.2, 0) is 23.8 Å². The van der Waals surface area contributed by atoms with E-state index in [0.29, 0.717) is 19.4 Å². The topological polar surface area (TPSA) is 61.8 Å². The van der Waals surface area contributed by atoms with E-state index in [1.165, 1.54) is 161 Å². The predicted octanol–water partition coefficient (Wildman–Crippen LogP) is 16.2. The summed E-state index contributed by atoms with van der Waals surface area (Å²) in [5, 5.41) is 0. The Labute approximate surface area is 349 Å². The largest absolute Gasteiger partial charge is 0.462 e. The molecule has 0 aromatic carbocycles. The van der Waals surface area contributed by atoms with E-state index >= 15 is 0 Å². The maximum absolute atomic E-state index is 12.7. The van der Waals surface area contributed by atoms with E-state index in [9.17, 15) is 9.59 Å². The average Bonchev–Trinajstić information content (AvgIpc) is 3.20. The van der Waals surface area contributed by atoms with E-state index in [2.05, 4.69) is 57.2 Å². The van der Waals surface area contributed by atoms with Gasteiger partial charge in [0, 0.05) is 19.4 Å². The second-order valence-electron chi connectivity index (χ2n) is 16.4. The lowest BCUT2D eigenvalue weighted by atomic mass is 10.0. The number of allylic oxidation sites excluding steroid dienone is 6. The van der Waals surface area contributed by atoms with Crippen LogP contribution in [0.15, 0.2) is 36.5 Å². The fourth-order valence-corrected chi connectivity index (χ4v) is 6.93. The highest BCUT2D eigenvalue weighted by atomic mass is 16.6. The Balaban J connectivity index is 4.26. The Morgan fingerprint density at radius 3 is 1.29 bits per heavy atom. The van der Waals surface area contributed by atoms with Gasteiger partial charge in [0.1, 0.15) is 6.61 Å². The summed E-state index contributed by atoms with van der Waals surface area (Å²) in [6.07, 6.45) is 55.7. The molecule has 0 aliphatic heterocycles. The molecule has 0 N–H and O–H groups in total.